The van der Waals surface area contributed by atoms with E-state index in [2.05, 4.69) is 5.32 Å². The number of sulfonamides is 1. The lowest BCUT2D eigenvalue weighted by atomic mass is 10.0. The molecule has 39 heavy (non-hydrogen) atoms. The first-order chi connectivity index (χ1) is 18.5. The number of hydrogen-bond donors (Lipinski definition) is 1. The van der Waals surface area contributed by atoms with Crippen molar-refractivity contribution in [3.63, 3.8) is 0 Å². The van der Waals surface area contributed by atoms with Gasteiger partial charge in [0.1, 0.15) is 6.04 Å². The second-order valence-corrected chi connectivity index (χ2v) is 11.8. The molecule has 0 saturated heterocycles. The molecule has 7 nitrogen and oxygen atoms in total. The van der Waals surface area contributed by atoms with Gasteiger partial charge in [0.2, 0.25) is 21.8 Å². The van der Waals surface area contributed by atoms with Gasteiger partial charge in [0, 0.05) is 33.0 Å². The van der Waals surface area contributed by atoms with Crippen LogP contribution in [0.2, 0.25) is 0 Å². The maximum absolute atomic E-state index is 13.8. The Morgan fingerprint density at radius 3 is 2.15 bits per heavy atom. The Kier molecular flexibility index (Phi) is 10.3. The number of hydrogen-bond acceptors (Lipinski definition) is 4. The van der Waals surface area contributed by atoms with Crippen molar-refractivity contribution >= 4 is 27.5 Å². The first-order valence-electron chi connectivity index (χ1n) is 13.2. The summed E-state index contributed by atoms with van der Waals surface area (Å²) < 4.78 is 26.8. The molecule has 0 bridgehead atoms. The van der Waals surface area contributed by atoms with Crippen molar-refractivity contribution in [3.05, 3.63) is 101 Å². The average molecular weight is 550 g/mol. The SMILES string of the molecule is CNC(=O)C(Cc1ccccc1)N(Cc1ccccc1C)C(=O)CCCN(c1cccc(C)c1C)S(C)(=O)=O. The molecule has 0 radical (unpaired) electrons. The van der Waals surface area contributed by atoms with E-state index in [4.69, 9.17) is 0 Å². The highest BCUT2D eigenvalue weighted by Crippen LogP contribution is 2.26. The summed E-state index contributed by atoms with van der Waals surface area (Å²) in [5.41, 5.74) is 5.44. The minimum Gasteiger partial charge on any atom is -0.357 e. The molecule has 8 heteroatoms. The maximum atomic E-state index is 13.8. The van der Waals surface area contributed by atoms with Crippen LogP contribution in [-0.2, 0) is 32.6 Å². The number of nitrogens with one attached hydrogen (secondary N) is 1. The van der Waals surface area contributed by atoms with E-state index in [9.17, 15) is 18.0 Å². The Hall–Kier alpha value is -3.65. The summed E-state index contributed by atoms with van der Waals surface area (Å²) in [6.45, 7) is 6.27. The maximum Gasteiger partial charge on any atom is 0.242 e. The number of amides is 2. The van der Waals surface area contributed by atoms with Crippen molar-refractivity contribution in [2.45, 2.75) is 52.6 Å². The van der Waals surface area contributed by atoms with Crippen LogP contribution in [0.15, 0.2) is 72.8 Å². The fourth-order valence-corrected chi connectivity index (χ4v) is 5.70. The molecule has 0 saturated carbocycles. The highest BCUT2D eigenvalue weighted by atomic mass is 32.2. The van der Waals surface area contributed by atoms with Crippen LogP contribution in [0.1, 0.15) is 40.7 Å². The van der Waals surface area contributed by atoms with Gasteiger partial charge in [-0.15, -0.1) is 0 Å². The topological polar surface area (TPSA) is 86.8 Å². The number of aryl methyl sites for hydroxylation is 2. The van der Waals surface area contributed by atoms with E-state index in [1.54, 1.807) is 18.0 Å². The molecule has 208 valence electrons. The number of carbonyl (C=O) groups is 2. The van der Waals surface area contributed by atoms with Gasteiger partial charge < -0.3 is 10.2 Å². The molecule has 1 N–H and O–H groups in total. The Bertz CT molecular complexity index is 1390. The molecule has 2 amide bonds. The van der Waals surface area contributed by atoms with Gasteiger partial charge in [0.15, 0.2) is 0 Å². The quantitative estimate of drug-likeness (QED) is 0.359. The van der Waals surface area contributed by atoms with Crippen LogP contribution in [0, 0.1) is 20.8 Å². The molecule has 3 rings (SSSR count). The van der Waals surface area contributed by atoms with E-state index in [1.807, 2.05) is 87.5 Å². The van der Waals surface area contributed by atoms with Crippen molar-refractivity contribution in [2.24, 2.45) is 0 Å². The summed E-state index contributed by atoms with van der Waals surface area (Å²) in [5.74, 6) is -0.439. The number of rotatable bonds is 12. The van der Waals surface area contributed by atoms with E-state index in [-0.39, 0.29) is 31.3 Å². The number of nitrogens with zero attached hydrogens (tertiary/aromatic N) is 2. The van der Waals surface area contributed by atoms with Gasteiger partial charge in [-0.1, -0.05) is 66.7 Å². The molecule has 3 aromatic rings. The van der Waals surface area contributed by atoms with Crippen LogP contribution in [-0.4, -0.2) is 51.0 Å². The normalized spacial score (nSPS) is 12.0. The molecule has 0 aliphatic rings. The highest BCUT2D eigenvalue weighted by Gasteiger charge is 2.30. The third-order valence-corrected chi connectivity index (χ3v) is 8.30. The lowest BCUT2D eigenvalue weighted by Crippen LogP contribution is -2.50. The molecule has 3 aromatic carbocycles. The van der Waals surface area contributed by atoms with E-state index >= 15 is 0 Å². The van der Waals surface area contributed by atoms with Gasteiger partial charge in [-0.3, -0.25) is 13.9 Å². The summed E-state index contributed by atoms with van der Waals surface area (Å²) >= 11 is 0. The van der Waals surface area contributed by atoms with Crippen LogP contribution >= 0.6 is 0 Å². The minimum atomic E-state index is -3.56. The second-order valence-electron chi connectivity index (χ2n) is 9.93. The minimum absolute atomic E-state index is 0.102. The van der Waals surface area contributed by atoms with E-state index < -0.39 is 16.1 Å². The number of likely N-dealkylation sites (N-methyl/N-ethyl adjacent to an activating group) is 1. The summed E-state index contributed by atoms with van der Waals surface area (Å²) in [7, 11) is -1.99. The molecule has 0 aliphatic heterocycles. The summed E-state index contributed by atoms with van der Waals surface area (Å²) in [6, 6.07) is 22.3. The lowest BCUT2D eigenvalue weighted by molar-refractivity contribution is -0.141. The molecule has 0 fully saturated rings. The Morgan fingerprint density at radius 2 is 1.51 bits per heavy atom. The first kappa shape index (κ1) is 29.9. The molecule has 1 atom stereocenters. The van der Waals surface area contributed by atoms with Crippen molar-refractivity contribution in [3.8, 4) is 0 Å². The molecule has 0 aromatic heterocycles. The van der Waals surface area contributed by atoms with E-state index in [0.29, 0.717) is 18.5 Å². The summed E-state index contributed by atoms with van der Waals surface area (Å²) in [4.78, 5) is 28.5. The second kappa shape index (κ2) is 13.4. The monoisotopic (exact) mass is 549 g/mol. The molecule has 0 aliphatic carbocycles. The van der Waals surface area contributed by atoms with E-state index in [1.165, 1.54) is 10.6 Å². The fraction of sp³-hybridized carbons (Fsp3) is 0.355. The third kappa shape index (κ3) is 7.93. The summed E-state index contributed by atoms with van der Waals surface area (Å²) in [5, 5.41) is 2.73. The predicted molar refractivity (Wildman–Crippen MR) is 157 cm³/mol. The van der Waals surface area contributed by atoms with Crippen molar-refractivity contribution in [2.75, 3.05) is 24.2 Å². The van der Waals surface area contributed by atoms with Gasteiger partial charge in [-0.05, 0) is 61.1 Å². The highest BCUT2D eigenvalue weighted by molar-refractivity contribution is 7.92. The van der Waals surface area contributed by atoms with Crippen LogP contribution in [0.5, 0.6) is 0 Å². The van der Waals surface area contributed by atoms with Crippen LogP contribution in [0.3, 0.4) is 0 Å². The van der Waals surface area contributed by atoms with Gasteiger partial charge in [0.05, 0.1) is 11.9 Å². The number of benzene rings is 3. The molecule has 0 heterocycles. The molecular formula is C31H39N3O4S. The zero-order valence-electron chi connectivity index (χ0n) is 23.5. The van der Waals surface area contributed by atoms with Crippen LogP contribution < -0.4 is 9.62 Å². The van der Waals surface area contributed by atoms with Crippen LogP contribution in [0.25, 0.3) is 0 Å². The van der Waals surface area contributed by atoms with Crippen molar-refractivity contribution < 1.29 is 18.0 Å². The third-order valence-electron chi connectivity index (χ3n) is 7.12. The largest absolute Gasteiger partial charge is 0.357 e. The van der Waals surface area contributed by atoms with Crippen molar-refractivity contribution in [1.82, 2.24) is 10.2 Å². The summed E-state index contributed by atoms with van der Waals surface area (Å²) in [6.07, 6.45) is 1.97. The van der Waals surface area contributed by atoms with Gasteiger partial charge in [-0.25, -0.2) is 8.42 Å². The molecular weight excluding hydrogens is 510 g/mol. The fourth-order valence-electron chi connectivity index (χ4n) is 4.68. The zero-order chi connectivity index (χ0) is 28.6. The first-order valence-corrected chi connectivity index (χ1v) is 15.0. The Labute approximate surface area is 232 Å². The predicted octanol–water partition coefficient (Wildman–Crippen LogP) is 4.54. The number of anilines is 1. The van der Waals surface area contributed by atoms with Crippen molar-refractivity contribution in [1.29, 1.82) is 0 Å². The average Bonchev–Trinajstić information content (AvgIpc) is 2.91. The van der Waals surface area contributed by atoms with Crippen LogP contribution in [0.4, 0.5) is 5.69 Å². The van der Waals surface area contributed by atoms with Gasteiger partial charge in [-0.2, -0.15) is 0 Å². The Balaban J connectivity index is 1.87. The molecule has 0 spiro atoms. The van der Waals surface area contributed by atoms with Gasteiger partial charge in [0.25, 0.3) is 0 Å². The number of carbonyl (C=O) groups excluding carboxylic acids is 2. The van der Waals surface area contributed by atoms with Gasteiger partial charge >= 0.3 is 0 Å². The standard InChI is InChI=1S/C31H39N3O4S/c1-23-14-11-18-28(25(23)3)34(39(5,37)38)20-12-19-30(35)33(22-27-17-10-9-13-24(27)2)29(31(36)32-4)21-26-15-7-6-8-16-26/h6-11,13-18,29H,12,19-22H2,1-5H3,(H,32,36). The zero-order valence-corrected chi connectivity index (χ0v) is 24.3. The Morgan fingerprint density at radius 1 is 0.872 bits per heavy atom. The van der Waals surface area contributed by atoms with E-state index in [0.717, 1.165) is 27.8 Å². The smallest absolute Gasteiger partial charge is 0.242 e. The lowest BCUT2D eigenvalue weighted by Gasteiger charge is -2.32. The molecule has 1 unspecified atom stereocenters.